The van der Waals surface area contributed by atoms with Gasteiger partial charge in [0.2, 0.25) is 0 Å². The third kappa shape index (κ3) is 4.08. The molecule has 23 heavy (non-hydrogen) atoms. The number of anilines is 1. The molecule has 7 nitrogen and oxygen atoms in total. The van der Waals surface area contributed by atoms with Crippen LogP contribution in [0.5, 0.6) is 0 Å². The molecule has 0 spiro atoms. The Morgan fingerprint density at radius 1 is 1.26 bits per heavy atom. The Morgan fingerprint density at radius 3 is 2.65 bits per heavy atom. The summed E-state index contributed by atoms with van der Waals surface area (Å²) in [4.78, 5) is 33.4. The lowest BCUT2D eigenvalue weighted by Crippen LogP contribution is -2.41. The molecule has 0 aromatic carbocycles. The van der Waals surface area contributed by atoms with E-state index in [1.54, 1.807) is 16.5 Å². The summed E-state index contributed by atoms with van der Waals surface area (Å²) in [6.07, 6.45) is 3.08. The summed E-state index contributed by atoms with van der Waals surface area (Å²) in [6, 6.07) is -0.270. The molecule has 2 heterocycles. The fourth-order valence-electron chi connectivity index (χ4n) is 2.31. The minimum absolute atomic E-state index is 0.201. The number of nitrogens with one attached hydrogen (secondary N) is 1. The Morgan fingerprint density at radius 2 is 2.00 bits per heavy atom. The fourth-order valence-corrected chi connectivity index (χ4v) is 2.99. The number of likely N-dealkylation sites (N-methyl/N-ethyl adjacent to an activating group) is 2. The zero-order valence-electron chi connectivity index (χ0n) is 13.8. The van der Waals surface area contributed by atoms with E-state index in [9.17, 15) is 9.59 Å². The second-order valence-corrected chi connectivity index (χ2v) is 5.94. The summed E-state index contributed by atoms with van der Waals surface area (Å²) in [7, 11) is 0. The fraction of sp³-hybridized carbons (Fsp3) is 0.533. The Kier molecular flexibility index (Phi) is 6.12. The second kappa shape index (κ2) is 8.07. The van der Waals surface area contributed by atoms with Gasteiger partial charge < -0.3 is 15.1 Å². The maximum Gasteiger partial charge on any atom is 0.322 e. The Balaban J connectivity index is 2.05. The average molecular weight is 337 g/mol. The Hall–Kier alpha value is -1.93. The molecule has 2 rings (SSSR count). The molecule has 2 aromatic rings. The topological polar surface area (TPSA) is 69.9 Å². The number of rotatable bonds is 7. The van der Waals surface area contributed by atoms with E-state index in [4.69, 9.17) is 0 Å². The molecule has 0 aliphatic rings. The predicted molar refractivity (Wildman–Crippen MR) is 93.4 cm³/mol. The van der Waals surface area contributed by atoms with Crippen molar-refractivity contribution >= 4 is 28.0 Å². The Bertz CT molecular complexity index is 707. The molecule has 0 saturated heterocycles. The average Bonchev–Trinajstić information content (AvgIpc) is 3.04. The van der Waals surface area contributed by atoms with Crippen LogP contribution in [0.4, 0.5) is 10.5 Å². The van der Waals surface area contributed by atoms with Gasteiger partial charge in [0.15, 0.2) is 4.96 Å². The summed E-state index contributed by atoms with van der Waals surface area (Å²) in [5.74, 6) is 0. The third-order valence-corrected chi connectivity index (χ3v) is 4.60. The number of hydrogen-bond acceptors (Lipinski definition) is 5. The van der Waals surface area contributed by atoms with Crippen molar-refractivity contribution in [2.45, 2.75) is 20.8 Å². The van der Waals surface area contributed by atoms with Gasteiger partial charge in [-0.15, -0.1) is 11.3 Å². The number of hydrogen-bond donors (Lipinski definition) is 1. The summed E-state index contributed by atoms with van der Waals surface area (Å²) in [5, 5.41) is 4.47. The van der Waals surface area contributed by atoms with E-state index in [0.29, 0.717) is 18.1 Å². The number of thiazole rings is 1. The van der Waals surface area contributed by atoms with Gasteiger partial charge in [0.1, 0.15) is 5.69 Å². The van der Waals surface area contributed by atoms with Crippen molar-refractivity contribution in [2.24, 2.45) is 0 Å². The van der Waals surface area contributed by atoms with Crippen LogP contribution in [0.2, 0.25) is 0 Å². The number of fused-ring (bicyclic) bond motifs is 1. The van der Waals surface area contributed by atoms with Gasteiger partial charge in [-0.25, -0.2) is 9.78 Å². The van der Waals surface area contributed by atoms with E-state index in [1.165, 1.54) is 21.9 Å². The lowest BCUT2D eigenvalue weighted by molar-refractivity contribution is 0.200. The van der Waals surface area contributed by atoms with Gasteiger partial charge in [-0.3, -0.25) is 9.20 Å². The number of aromatic nitrogens is 2. The molecule has 8 heteroatoms. The van der Waals surface area contributed by atoms with Gasteiger partial charge in [0.25, 0.3) is 5.56 Å². The maximum atomic E-state index is 12.4. The number of carbonyl (C=O) groups is 1. The second-order valence-electron chi connectivity index (χ2n) is 5.07. The highest BCUT2D eigenvalue weighted by molar-refractivity contribution is 7.15. The Labute approximate surface area is 139 Å². The van der Waals surface area contributed by atoms with Crippen LogP contribution in [0.3, 0.4) is 0 Å². The molecule has 0 saturated carbocycles. The predicted octanol–water partition coefficient (Wildman–Crippen LogP) is 1.95. The molecule has 2 amide bonds. The van der Waals surface area contributed by atoms with Crippen LogP contribution < -0.4 is 10.9 Å². The first-order valence-electron chi connectivity index (χ1n) is 7.83. The lowest BCUT2D eigenvalue weighted by Gasteiger charge is -2.25. The highest BCUT2D eigenvalue weighted by Crippen LogP contribution is 2.08. The minimum atomic E-state index is -0.270. The van der Waals surface area contributed by atoms with E-state index in [-0.39, 0.29) is 17.3 Å². The van der Waals surface area contributed by atoms with E-state index >= 15 is 0 Å². The van der Waals surface area contributed by atoms with E-state index in [0.717, 1.165) is 19.6 Å². The van der Waals surface area contributed by atoms with Crippen molar-refractivity contribution in [3.05, 3.63) is 28.1 Å². The molecule has 0 bridgehead atoms. The van der Waals surface area contributed by atoms with Crippen LogP contribution in [-0.4, -0.2) is 57.9 Å². The largest absolute Gasteiger partial charge is 0.324 e. The molecule has 126 valence electrons. The van der Waals surface area contributed by atoms with Gasteiger partial charge in [0, 0.05) is 31.2 Å². The summed E-state index contributed by atoms with van der Waals surface area (Å²) in [5.41, 5.74) is -0.0587. The maximum absolute atomic E-state index is 12.4. The molecule has 0 radical (unpaired) electrons. The van der Waals surface area contributed by atoms with Crippen molar-refractivity contribution in [1.29, 1.82) is 0 Å². The van der Waals surface area contributed by atoms with Crippen molar-refractivity contribution in [3.63, 3.8) is 0 Å². The first-order chi connectivity index (χ1) is 11.1. The van der Waals surface area contributed by atoms with E-state index in [2.05, 4.69) is 29.0 Å². The number of nitrogens with zero attached hydrogens (tertiary/aromatic N) is 4. The molecule has 1 N–H and O–H groups in total. The number of amides is 2. The van der Waals surface area contributed by atoms with Gasteiger partial charge in [0.05, 0.1) is 6.20 Å². The lowest BCUT2D eigenvalue weighted by atomic mass is 10.4. The van der Waals surface area contributed by atoms with Gasteiger partial charge in [-0.05, 0) is 20.0 Å². The van der Waals surface area contributed by atoms with Gasteiger partial charge in [-0.2, -0.15) is 0 Å². The van der Waals surface area contributed by atoms with Crippen LogP contribution in [0.15, 0.2) is 22.6 Å². The molecule has 0 aliphatic carbocycles. The molecule has 0 unspecified atom stereocenters. The molecule has 0 aliphatic heterocycles. The summed E-state index contributed by atoms with van der Waals surface area (Å²) in [6.45, 7) is 10.1. The summed E-state index contributed by atoms with van der Waals surface area (Å²) < 4.78 is 1.44. The SMILES string of the molecule is CCN(CC)CCN(CC)C(=O)Nc1cnc2sccn2c1=O. The van der Waals surface area contributed by atoms with E-state index < -0.39 is 0 Å². The molecule has 0 atom stereocenters. The van der Waals surface area contributed by atoms with Crippen LogP contribution >= 0.6 is 11.3 Å². The van der Waals surface area contributed by atoms with Gasteiger partial charge in [-0.1, -0.05) is 13.8 Å². The highest BCUT2D eigenvalue weighted by Gasteiger charge is 2.15. The highest BCUT2D eigenvalue weighted by atomic mass is 32.1. The zero-order chi connectivity index (χ0) is 16.8. The smallest absolute Gasteiger partial charge is 0.322 e. The number of urea groups is 1. The first kappa shape index (κ1) is 17.4. The minimum Gasteiger partial charge on any atom is -0.324 e. The zero-order valence-corrected chi connectivity index (χ0v) is 14.6. The van der Waals surface area contributed by atoms with Crippen LogP contribution in [-0.2, 0) is 0 Å². The van der Waals surface area contributed by atoms with Crippen LogP contribution in [0.1, 0.15) is 20.8 Å². The summed E-state index contributed by atoms with van der Waals surface area (Å²) >= 11 is 1.38. The van der Waals surface area contributed by atoms with Gasteiger partial charge >= 0.3 is 6.03 Å². The van der Waals surface area contributed by atoms with Crippen LogP contribution in [0.25, 0.3) is 4.96 Å². The van der Waals surface area contributed by atoms with Crippen molar-refractivity contribution in [2.75, 3.05) is 38.0 Å². The molecular weight excluding hydrogens is 314 g/mol. The van der Waals surface area contributed by atoms with Crippen molar-refractivity contribution in [1.82, 2.24) is 19.2 Å². The molecular formula is C15H23N5O2S. The quantitative estimate of drug-likeness (QED) is 0.838. The van der Waals surface area contributed by atoms with Crippen LogP contribution in [0, 0.1) is 0 Å². The van der Waals surface area contributed by atoms with Crippen molar-refractivity contribution < 1.29 is 4.79 Å². The first-order valence-corrected chi connectivity index (χ1v) is 8.71. The number of carbonyl (C=O) groups excluding carboxylic acids is 1. The van der Waals surface area contributed by atoms with E-state index in [1.807, 2.05) is 6.92 Å². The molecule has 0 fully saturated rings. The monoisotopic (exact) mass is 337 g/mol. The third-order valence-electron chi connectivity index (χ3n) is 3.83. The normalized spacial score (nSPS) is 11.1. The standard InChI is InChI=1S/C15H23N5O2S/c1-4-18(5-2)7-8-19(6-3)14(22)17-12-11-16-15-20(13(12)21)9-10-23-15/h9-11H,4-8H2,1-3H3,(H,17,22). The van der Waals surface area contributed by atoms with Crippen molar-refractivity contribution in [3.8, 4) is 0 Å². The molecule has 2 aromatic heterocycles.